The van der Waals surface area contributed by atoms with Crippen LogP contribution >= 0.6 is 0 Å². The lowest BCUT2D eigenvalue weighted by Crippen LogP contribution is -2.19. The molecule has 0 bridgehead atoms. The summed E-state index contributed by atoms with van der Waals surface area (Å²) in [5.41, 5.74) is 6.94. The predicted molar refractivity (Wildman–Crippen MR) is 83.5 cm³/mol. The Morgan fingerprint density at radius 1 is 1.22 bits per heavy atom. The quantitative estimate of drug-likeness (QED) is 0.899. The molecule has 7 heteroatoms. The molecule has 2 aromatic carbocycles. The molecule has 0 amide bonds. The monoisotopic (exact) mass is 331 g/mol. The van der Waals surface area contributed by atoms with E-state index >= 15 is 0 Å². The van der Waals surface area contributed by atoms with Crippen LogP contribution in [0.25, 0.3) is 0 Å². The Balaban J connectivity index is 1.91. The number of nitrogens with two attached hydrogens (primary N) is 1. The van der Waals surface area contributed by atoms with Gasteiger partial charge in [-0.05, 0) is 48.7 Å². The Kier molecular flexibility index (Phi) is 3.59. The summed E-state index contributed by atoms with van der Waals surface area (Å²) in [4.78, 5) is -0.504. The van der Waals surface area contributed by atoms with Crippen LogP contribution in [0.1, 0.15) is 24.0 Å². The fraction of sp³-hybridized carbons (Fsp3) is 0.188. The summed E-state index contributed by atoms with van der Waals surface area (Å²) in [7, 11) is -4.09. The second-order valence-corrected chi connectivity index (χ2v) is 7.25. The summed E-state index contributed by atoms with van der Waals surface area (Å²) >= 11 is 0. The average molecular weight is 331 g/mol. The summed E-state index contributed by atoms with van der Waals surface area (Å²) in [6.07, 6.45) is 1.71. The predicted octanol–water partition coefficient (Wildman–Crippen LogP) is 2.45. The fourth-order valence-electron chi connectivity index (χ4n) is 2.31. The summed E-state index contributed by atoms with van der Waals surface area (Å²) in [6.45, 7) is 0. The van der Waals surface area contributed by atoms with Crippen molar-refractivity contribution in [2.24, 2.45) is 5.73 Å². The van der Waals surface area contributed by atoms with Gasteiger partial charge in [0.25, 0.3) is 10.0 Å². The van der Waals surface area contributed by atoms with E-state index in [0.717, 1.165) is 30.5 Å². The molecule has 0 spiro atoms. The third-order valence-corrected chi connectivity index (χ3v) is 5.24. The van der Waals surface area contributed by atoms with E-state index in [1.807, 2.05) is 6.07 Å². The molecular formula is C16H14FN3O2S. The van der Waals surface area contributed by atoms with Crippen LogP contribution in [0.5, 0.6) is 0 Å². The van der Waals surface area contributed by atoms with Gasteiger partial charge in [-0.3, -0.25) is 4.72 Å². The van der Waals surface area contributed by atoms with Crippen molar-refractivity contribution in [3.63, 3.8) is 0 Å². The first-order valence-electron chi connectivity index (χ1n) is 6.96. The van der Waals surface area contributed by atoms with Crippen LogP contribution < -0.4 is 10.5 Å². The standard InChI is InChI=1S/C16H14FN3O2S/c17-14-8-11(10-18)4-5-15(14)23(21,22)20-13-3-1-2-12(9-13)16(19)6-7-16/h1-5,8-9,20H,6-7,19H2. The largest absolute Gasteiger partial charge is 0.321 e. The van der Waals surface area contributed by atoms with Gasteiger partial charge in [-0.15, -0.1) is 0 Å². The molecule has 0 atom stereocenters. The molecule has 118 valence electrons. The van der Waals surface area contributed by atoms with Crippen molar-refractivity contribution in [2.75, 3.05) is 4.72 Å². The first-order chi connectivity index (χ1) is 10.8. The Hall–Kier alpha value is -2.43. The lowest BCUT2D eigenvalue weighted by Gasteiger charge is -2.13. The molecule has 0 aromatic heterocycles. The second kappa shape index (κ2) is 5.33. The molecule has 1 saturated carbocycles. The third kappa shape index (κ3) is 3.04. The molecule has 1 aliphatic carbocycles. The van der Waals surface area contributed by atoms with Crippen molar-refractivity contribution in [1.82, 2.24) is 0 Å². The highest BCUT2D eigenvalue weighted by molar-refractivity contribution is 7.92. The maximum absolute atomic E-state index is 13.9. The van der Waals surface area contributed by atoms with Crippen LogP contribution in [0, 0.1) is 17.1 Å². The van der Waals surface area contributed by atoms with E-state index in [0.29, 0.717) is 5.69 Å². The van der Waals surface area contributed by atoms with Gasteiger partial charge in [-0.2, -0.15) is 5.26 Å². The zero-order valence-electron chi connectivity index (χ0n) is 12.1. The van der Waals surface area contributed by atoms with E-state index in [9.17, 15) is 12.8 Å². The maximum Gasteiger partial charge on any atom is 0.264 e. The van der Waals surface area contributed by atoms with E-state index < -0.39 is 20.7 Å². The Labute approximate surface area is 133 Å². The van der Waals surface area contributed by atoms with Gasteiger partial charge in [0, 0.05) is 11.2 Å². The summed E-state index contributed by atoms with van der Waals surface area (Å²) in [5.74, 6) is -0.967. The second-order valence-electron chi connectivity index (χ2n) is 5.60. The first-order valence-corrected chi connectivity index (χ1v) is 8.44. The number of hydrogen-bond acceptors (Lipinski definition) is 4. The van der Waals surface area contributed by atoms with Crippen LogP contribution in [0.4, 0.5) is 10.1 Å². The molecule has 1 aliphatic rings. The molecule has 2 aromatic rings. The Bertz CT molecular complexity index is 915. The van der Waals surface area contributed by atoms with Gasteiger partial charge in [0.2, 0.25) is 0 Å². The van der Waals surface area contributed by atoms with Crippen LogP contribution in [0.2, 0.25) is 0 Å². The fourth-order valence-corrected chi connectivity index (χ4v) is 3.42. The molecule has 0 heterocycles. The van der Waals surface area contributed by atoms with Crippen molar-refractivity contribution in [3.8, 4) is 6.07 Å². The topological polar surface area (TPSA) is 96.0 Å². The number of benzene rings is 2. The molecule has 0 radical (unpaired) electrons. The highest BCUT2D eigenvalue weighted by Gasteiger charge is 2.40. The van der Waals surface area contributed by atoms with Gasteiger partial charge < -0.3 is 5.73 Å². The number of nitriles is 1. The molecular weight excluding hydrogens is 317 g/mol. The zero-order valence-corrected chi connectivity index (χ0v) is 12.9. The molecule has 3 N–H and O–H groups in total. The van der Waals surface area contributed by atoms with E-state index in [4.69, 9.17) is 11.0 Å². The summed E-state index contributed by atoms with van der Waals surface area (Å²) in [5, 5.41) is 8.71. The van der Waals surface area contributed by atoms with Crippen LogP contribution in [0.3, 0.4) is 0 Å². The average Bonchev–Trinajstić information content (AvgIpc) is 3.26. The lowest BCUT2D eigenvalue weighted by molar-refractivity contribution is 0.570. The highest BCUT2D eigenvalue weighted by atomic mass is 32.2. The number of rotatable bonds is 4. The molecule has 0 saturated heterocycles. The van der Waals surface area contributed by atoms with Gasteiger partial charge in [-0.25, -0.2) is 12.8 Å². The SMILES string of the molecule is N#Cc1ccc(S(=O)(=O)Nc2cccc(C3(N)CC3)c2)c(F)c1. The normalized spacial score (nSPS) is 15.7. The summed E-state index contributed by atoms with van der Waals surface area (Å²) in [6, 6.07) is 11.8. The third-order valence-electron chi connectivity index (χ3n) is 3.83. The van der Waals surface area contributed by atoms with E-state index in [1.54, 1.807) is 24.3 Å². The number of sulfonamides is 1. The van der Waals surface area contributed by atoms with Crippen LogP contribution in [-0.2, 0) is 15.6 Å². The first kappa shape index (κ1) is 15.5. The van der Waals surface area contributed by atoms with Crippen molar-refractivity contribution in [3.05, 3.63) is 59.4 Å². The molecule has 5 nitrogen and oxygen atoms in total. The minimum absolute atomic E-state index is 0.0576. The molecule has 0 aliphatic heterocycles. The molecule has 23 heavy (non-hydrogen) atoms. The van der Waals surface area contributed by atoms with Gasteiger partial charge in [0.1, 0.15) is 10.7 Å². The van der Waals surface area contributed by atoms with Gasteiger partial charge in [0.15, 0.2) is 0 Å². The minimum atomic E-state index is -4.09. The minimum Gasteiger partial charge on any atom is -0.321 e. The van der Waals surface area contributed by atoms with E-state index in [-0.39, 0.29) is 11.1 Å². The zero-order chi connectivity index (χ0) is 16.7. The maximum atomic E-state index is 13.9. The molecule has 0 unspecified atom stereocenters. The van der Waals surface area contributed by atoms with E-state index in [2.05, 4.69) is 4.72 Å². The number of nitrogens with zero attached hydrogens (tertiary/aromatic N) is 1. The number of halogens is 1. The van der Waals surface area contributed by atoms with Gasteiger partial charge >= 0.3 is 0 Å². The van der Waals surface area contributed by atoms with Crippen LogP contribution in [0.15, 0.2) is 47.4 Å². The Morgan fingerprint density at radius 2 is 1.96 bits per heavy atom. The van der Waals surface area contributed by atoms with Crippen molar-refractivity contribution >= 4 is 15.7 Å². The smallest absolute Gasteiger partial charge is 0.264 e. The van der Waals surface area contributed by atoms with E-state index in [1.165, 1.54) is 6.07 Å². The van der Waals surface area contributed by atoms with Crippen molar-refractivity contribution in [2.45, 2.75) is 23.3 Å². The van der Waals surface area contributed by atoms with Crippen molar-refractivity contribution < 1.29 is 12.8 Å². The summed E-state index contributed by atoms with van der Waals surface area (Å²) < 4.78 is 40.9. The molecule has 3 rings (SSSR count). The Morgan fingerprint density at radius 3 is 2.57 bits per heavy atom. The number of anilines is 1. The van der Waals surface area contributed by atoms with Crippen LogP contribution in [-0.4, -0.2) is 8.42 Å². The van der Waals surface area contributed by atoms with Gasteiger partial charge in [0.05, 0.1) is 11.6 Å². The number of nitrogens with one attached hydrogen (secondary N) is 1. The molecule has 1 fully saturated rings. The highest BCUT2D eigenvalue weighted by Crippen LogP contribution is 2.43. The lowest BCUT2D eigenvalue weighted by atomic mass is 10.1. The van der Waals surface area contributed by atoms with Crippen molar-refractivity contribution in [1.29, 1.82) is 5.26 Å². The van der Waals surface area contributed by atoms with Gasteiger partial charge in [-0.1, -0.05) is 12.1 Å². The number of hydrogen-bond donors (Lipinski definition) is 2.